The number of quaternary nitrogens is 2. The first-order valence-corrected chi connectivity index (χ1v) is 16.2. The minimum absolute atomic E-state index is 0. The maximum absolute atomic E-state index is 12.0. The Balaban J connectivity index is -0.000000301. The van der Waals surface area contributed by atoms with Gasteiger partial charge in [-0.25, -0.2) is 0 Å². The normalized spacial score (nSPS) is 11.2. The quantitative estimate of drug-likeness (QED) is 0.0936. The standard InChI is InChI=1S/C14H18Cl2N2O2S2.2C8H20N.CN.Fe/c1-13(2,21)11(19)17-9-5-7(15)8(16)6-10(9)18-12(20)14(3,4)22;2*1-5-9(6-2,7-3)8-4;1-2;/h5-6H,1-4H3,(H4,17,18,19,20,21,22);2*5-8H2,1-4H3;;/q;2*+1;-1;+3/p-4. The van der Waals surface area contributed by atoms with Crippen LogP contribution in [0.5, 0.6) is 0 Å². The molecule has 0 N–H and O–H groups in total. The third-order valence-electron chi connectivity index (χ3n) is 7.86. The smallest absolute Gasteiger partial charge is 0.780 e. The predicted molar refractivity (Wildman–Crippen MR) is 185 cm³/mol. The largest absolute Gasteiger partial charge is 3.00 e. The molecule has 0 atom stereocenters. The van der Waals surface area contributed by atoms with Crippen LogP contribution in [0.25, 0.3) is 10.6 Å². The molecule has 1 radical (unpaired) electrons. The Kier molecular flexibility index (Phi) is 27.1. The van der Waals surface area contributed by atoms with Gasteiger partial charge in [-0.2, -0.15) is 0 Å². The van der Waals surface area contributed by atoms with Crippen LogP contribution in [0.1, 0.15) is 83.1 Å². The van der Waals surface area contributed by atoms with E-state index in [0.29, 0.717) is 0 Å². The van der Waals surface area contributed by atoms with Crippen LogP contribution in [0.3, 0.4) is 0 Å². The molecule has 0 aliphatic carbocycles. The van der Waals surface area contributed by atoms with Gasteiger partial charge in [-0.3, -0.25) is 0 Å². The maximum atomic E-state index is 12.0. The molecule has 1 rings (SSSR count). The maximum Gasteiger partial charge on any atom is 3.00 e. The zero-order valence-electron chi connectivity index (χ0n) is 28.3. The van der Waals surface area contributed by atoms with Crippen molar-refractivity contribution in [3.05, 3.63) is 39.4 Å². The summed E-state index contributed by atoms with van der Waals surface area (Å²) in [4.78, 5) is 23.9. The molecule has 0 aromatic heterocycles. The van der Waals surface area contributed by atoms with E-state index in [4.69, 9.17) is 60.3 Å². The van der Waals surface area contributed by atoms with Gasteiger partial charge in [-0.05, 0) is 55.4 Å². The second-order valence-corrected chi connectivity index (χ2v) is 13.7. The third-order valence-corrected chi connectivity index (χ3v) is 8.93. The molecule has 2 amide bonds. The molecule has 7 nitrogen and oxygen atoms in total. The summed E-state index contributed by atoms with van der Waals surface area (Å²) in [5, 5.41) is 14.4. The van der Waals surface area contributed by atoms with Crippen LogP contribution in [0.4, 0.5) is 11.4 Å². The van der Waals surface area contributed by atoms with Crippen LogP contribution in [-0.4, -0.2) is 82.6 Å². The van der Waals surface area contributed by atoms with Crippen molar-refractivity contribution >= 4 is 71.6 Å². The van der Waals surface area contributed by atoms with E-state index in [1.54, 1.807) is 27.7 Å². The van der Waals surface area contributed by atoms with E-state index in [2.05, 4.69) is 66.0 Å². The van der Waals surface area contributed by atoms with E-state index in [1.165, 1.54) is 73.5 Å². The SMILES string of the molecule is CC(C)([S-])C(=O)[N-]c1cc(Cl)c(Cl)cc1[N-]C(=O)C(C)(C)[S-].CC[N+](CC)(CC)CC.CC[N+](CC)(CC)CC.[C-]#N.[Fe+3]. The van der Waals surface area contributed by atoms with Crippen LogP contribution < -0.4 is 0 Å². The zero-order chi connectivity index (χ0) is 33.9. The van der Waals surface area contributed by atoms with Gasteiger partial charge >= 0.3 is 17.1 Å². The van der Waals surface area contributed by atoms with Crippen LogP contribution in [0.2, 0.25) is 10.0 Å². The Bertz CT molecular complexity index is 852. The summed E-state index contributed by atoms with van der Waals surface area (Å²) in [7, 11) is 0. The fraction of sp³-hybridized carbons (Fsp3) is 0.710. The minimum Gasteiger partial charge on any atom is -0.780 e. The average Bonchev–Trinajstić information content (AvgIpc) is 2.95. The Morgan fingerprint density at radius 1 is 0.651 bits per heavy atom. The zero-order valence-corrected chi connectivity index (χ0v) is 32.5. The van der Waals surface area contributed by atoms with E-state index < -0.39 is 21.3 Å². The van der Waals surface area contributed by atoms with Crippen molar-refractivity contribution in [3.63, 3.8) is 0 Å². The predicted octanol–water partition coefficient (Wildman–Crippen LogP) is 8.57. The van der Waals surface area contributed by atoms with Gasteiger partial charge in [0.25, 0.3) is 0 Å². The number of halogens is 2. The first kappa shape index (κ1) is 49.3. The molecule has 1 aromatic carbocycles. The molecule has 0 heterocycles. The number of carbonyl (C=O) groups is 2. The summed E-state index contributed by atoms with van der Waals surface area (Å²) < 4.78 is 0.398. The number of carbonyl (C=O) groups excluding carboxylic acids is 2. The molecular weight excluding hydrogens is 665 g/mol. The molecule has 0 saturated heterocycles. The first-order valence-electron chi connectivity index (χ1n) is 14.7. The molecule has 0 fully saturated rings. The molecule has 0 saturated carbocycles. The van der Waals surface area contributed by atoms with Crippen molar-refractivity contribution in [1.82, 2.24) is 0 Å². The number of hydrogen-bond acceptors (Lipinski definition) is 5. The molecule has 0 bridgehead atoms. The summed E-state index contributed by atoms with van der Waals surface area (Å²) in [5.41, 5.74) is 0.259. The summed E-state index contributed by atoms with van der Waals surface area (Å²) in [6, 6.07) is 2.73. The summed E-state index contributed by atoms with van der Waals surface area (Å²) in [6.07, 6.45) is 0. The number of rotatable bonds is 12. The van der Waals surface area contributed by atoms with Gasteiger partial charge in [0.2, 0.25) is 0 Å². The number of benzene rings is 1. The second kappa shape index (κ2) is 23.7. The van der Waals surface area contributed by atoms with Gasteiger partial charge < -0.3 is 66.3 Å². The van der Waals surface area contributed by atoms with Crippen molar-refractivity contribution in [2.75, 3.05) is 52.4 Å². The molecule has 1 aromatic rings. The molecule has 0 spiro atoms. The van der Waals surface area contributed by atoms with Crippen LogP contribution in [-0.2, 0) is 51.9 Å². The Morgan fingerprint density at radius 2 is 0.837 bits per heavy atom. The van der Waals surface area contributed by atoms with E-state index in [9.17, 15) is 9.59 Å². The summed E-state index contributed by atoms with van der Waals surface area (Å²) >= 11 is 21.9. The topological polar surface area (TPSA) is 86.1 Å². The molecule has 249 valence electrons. The van der Waals surface area contributed by atoms with Crippen LogP contribution >= 0.6 is 23.2 Å². The second-order valence-electron chi connectivity index (χ2n) is 10.8. The van der Waals surface area contributed by atoms with Gasteiger partial charge in [0.05, 0.1) is 62.4 Å². The number of hydrogen-bond donors (Lipinski definition) is 0. The van der Waals surface area contributed by atoms with Gasteiger partial charge in [0.1, 0.15) is 0 Å². The molecule has 0 aliphatic rings. The molecule has 0 aliphatic heterocycles. The van der Waals surface area contributed by atoms with Gasteiger partial charge in [0, 0.05) is 11.8 Å². The van der Waals surface area contributed by atoms with E-state index in [-0.39, 0.29) is 38.5 Å². The average molecular weight is 720 g/mol. The minimum atomic E-state index is -1.08. The Labute approximate surface area is 295 Å². The van der Waals surface area contributed by atoms with Crippen molar-refractivity contribution in [2.24, 2.45) is 0 Å². The van der Waals surface area contributed by atoms with Gasteiger partial charge in [-0.1, -0.05) is 63.0 Å². The Hall–Kier alpha value is -0.631. The monoisotopic (exact) mass is 718 g/mol. The van der Waals surface area contributed by atoms with E-state index >= 15 is 0 Å². The van der Waals surface area contributed by atoms with Gasteiger partial charge in [0.15, 0.2) is 0 Å². The number of nitrogens with zero attached hydrogens (tertiary/aromatic N) is 5. The fourth-order valence-electron chi connectivity index (χ4n) is 3.88. The van der Waals surface area contributed by atoms with Crippen LogP contribution in [0, 0.1) is 11.8 Å². The van der Waals surface area contributed by atoms with Crippen molar-refractivity contribution in [2.45, 2.75) is 92.6 Å². The van der Waals surface area contributed by atoms with E-state index in [1.807, 2.05) is 0 Å². The van der Waals surface area contributed by atoms with Crippen molar-refractivity contribution in [3.8, 4) is 0 Å². The van der Waals surface area contributed by atoms with Crippen molar-refractivity contribution in [1.29, 1.82) is 5.26 Å². The third kappa shape index (κ3) is 18.2. The number of amides is 2. The molecule has 0 unspecified atom stereocenters. The molecule has 43 heavy (non-hydrogen) atoms. The summed E-state index contributed by atoms with van der Waals surface area (Å²) in [5.74, 6) is -1.08. The Morgan fingerprint density at radius 3 is 0.953 bits per heavy atom. The molecule has 12 heteroatoms. The van der Waals surface area contributed by atoms with E-state index in [0.717, 1.165) is 0 Å². The fourth-order valence-corrected chi connectivity index (χ4v) is 4.28. The van der Waals surface area contributed by atoms with Crippen molar-refractivity contribution < 1.29 is 35.6 Å². The van der Waals surface area contributed by atoms with Gasteiger partial charge in [-0.15, -0.1) is 20.9 Å². The summed E-state index contributed by atoms with van der Waals surface area (Å²) in [6.45, 7) is 39.4. The molecular formula is C31H54Cl2FeN5O2S2. The van der Waals surface area contributed by atoms with Crippen LogP contribution in [0.15, 0.2) is 12.1 Å². The first-order chi connectivity index (χ1) is 19.3.